The molecule has 1 saturated heterocycles. The molecule has 140 valence electrons. The number of carbonyl (C=O) groups excluding carboxylic acids is 1. The summed E-state index contributed by atoms with van der Waals surface area (Å²) in [5.41, 5.74) is 7.08. The number of benzene rings is 1. The van der Waals surface area contributed by atoms with E-state index in [1.165, 1.54) is 6.07 Å². The predicted molar refractivity (Wildman–Crippen MR) is 97.5 cm³/mol. The Bertz CT molecular complexity index is 1000. The quantitative estimate of drug-likeness (QED) is 0.746. The highest BCUT2D eigenvalue weighted by atomic mass is 19.1. The van der Waals surface area contributed by atoms with Crippen molar-refractivity contribution in [2.75, 3.05) is 18.0 Å². The molecule has 1 aliphatic heterocycles. The molecular formula is C18H20FN7O. The number of amides is 1. The second-order valence-electron chi connectivity index (χ2n) is 6.79. The van der Waals surface area contributed by atoms with Crippen LogP contribution in [0.1, 0.15) is 24.2 Å². The lowest BCUT2D eigenvalue weighted by atomic mass is 9.97. The molecule has 1 aromatic carbocycles. The van der Waals surface area contributed by atoms with E-state index in [-0.39, 0.29) is 24.2 Å². The molecule has 1 fully saturated rings. The Morgan fingerprint density at radius 1 is 1.33 bits per heavy atom. The van der Waals surface area contributed by atoms with E-state index < -0.39 is 0 Å². The first-order valence-corrected chi connectivity index (χ1v) is 8.88. The first-order valence-electron chi connectivity index (χ1n) is 8.88. The van der Waals surface area contributed by atoms with Gasteiger partial charge in [0.25, 0.3) is 0 Å². The van der Waals surface area contributed by atoms with Crippen molar-refractivity contribution in [3.8, 4) is 0 Å². The van der Waals surface area contributed by atoms with Gasteiger partial charge in [-0.1, -0.05) is 23.4 Å². The average molecular weight is 369 g/mol. The molecule has 0 unspecified atom stereocenters. The summed E-state index contributed by atoms with van der Waals surface area (Å²) in [6, 6.07) is 6.55. The second-order valence-corrected chi connectivity index (χ2v) is 6.79. The van der Waals surface area contributed by atoms with Crippen LogP contribution in [0.15, 0.2) is 24.3 Å². The van der Waals surface area contributed by atoms with Gasteiger partial charge in [0.1, 0.15) is 11.6 Å². The number of anilines is 1. The van der Waals surface area contributed by atoms with E-state index in [0.29, 0.717) is 34.9 Å². The fourth-order valence-electron chi connectivity index (χ4n) is 3.46. The summed E-state index contributed by atoms with van der Waals surface area (Å²) in [6.45, 7) is 3.28. The SMILES string of the molecule is Cc1nc(N2CCC[C@@H](C(N)=O)C2)c2nnn(Cc3ccccc3F)c2n1. The van der Waals surface area contributed by atoms with Crippen LogP contribution < -0.4 is 10.6 Å². The zero-order valence-corrected chi connectivity index (χ0v) is 15.0. The topological polar surface area (TPSA) is 103 Å². The maximum atomic E-state index is 14.0. The molecule has 2 N–H and O–H groups in total. The van der Waals surface area contributed by atoms with Gasteiger partial charge in [-0.3, -0.25) is 4.79 Å². The zero-order valence-electron chi connectivity index (χ0n) is 15.0. The number of piperidine rings is 1. The molecule has 1 aliphatic rings. The van der Waals surface area contributed by atoms with Gasteiger partial charge in [0, 0.05) is 18.7 Å². The summed E-state index contributed by atoms with van der Waals surface area (Å²) < 4.78 is 15.6. The Morgan fingerprint density at radius 2 is 2.15 bits per heavy atom. The Hall–Kier alpha value is -3.10. The Labute approximate surface area is 155 Å². The molecule has 0 spiro atoms. The zero-order chi connectivity index (χ0) is 19.0. The summed E-state index contributed by atoms with van der Waals surface area (Å²) in [5, 5.41) is 8.40. The van der Waals surface area contributed by atoms with Gasteiger partial charge in [-0.25, -0.2) is 19.0 Å². The fraction of sp³-hybridized carbons (Fsp3) is 0.389. The van der Waals surface area contributed by atoms with Crippen LogP contribution in [0, 0.1) is 18.7 Å². The first-order chi connectivity index (χ1) is 13.0. The van der Waals surface area contributed by atoms with Crippen molar-refractivity contribution in [2.24, 2.45) is 11.7 Å². The molecule has 27 heavy (non-hydrogen) atoms. The number of halogens is 1. The minimum atomic E-state index is -0.301. The second kappa shape index (κ2) is 6.90. The van der Waals surface area contributed by atoms with E-state index in [9.17, 15) is 9.18 Å². The average Bonchev–Trinajstić information content (AvgIpc) is 3.05. The third kappa shape index (κ3) is 3.32. The molecule has 2 aromatic heterocycles. The van der Waals surface area contributed by atoms with E-state index in [0.717, 1.165) is 19.4 Å². The molecule has 0 saturated carbocycles. The maximum absolute atomic E-state index is 14.0. The van der Waals surface area contributed by atoms with Gasteiger partial charge in [0.15, 0.2) is 17.0 Å². The number of fused-ring (bicyclic) bond motifs is 1. The van der Waals surface area contributed by atoms with Crippen molar-refractivity contribution in [3.63, 3.8) is 0 Å². The van der Waals surface area contributed by atoms with Crippen LogP contribution in [0.3, 0.4) is 0 Å². The van der Waals surface area contributed by atoms with Crippen LogP contribution in [0.4, 0.5) is 10.2 Å². The number of hydrogen-bond donors (Lipinski definition) is 1. The van der Waals surface area contributed by atoms with Crippen LogP contribution in [0.25, 0.3) is 11.2 Å². The monoisotopic (exact) mass is 369 g/mol. The van der Waals surface area contributed by atoms with Crippen LogP contribution in [0.5, 0.6) is 0 Å². The molecule has 9 heteroatoms. The van der Waals surface area contributed by atoms with Crippen LogP contribution >= 0.6 is 0 Å². The van der Waals surface area contributed by atoms with Gasteiger partial charge < -0.3 is 10.6 Å². The van der Waals surface area contributed by atoms with Gasteiger partial charge in [0.05, 0.1) is 12.5 Å². The third-order valence-electron chi connectivity index (χ3n) is 4.86. The highest BCUT2D eigenvalue weighted by molar-refractivity contribution is 5.84. The fourth-order valence-corrected chi connectivity index (χ4v) is 3.46. The lowest BCUT2D eigenvalue weighted by Crippen LogP contribution is -2.41. The number of aromatic nitrogens is 5. The van der Waals surface area contributed by atoms with Crippen LogP contribution in [0.2, 0.25) is 0 Å². The highest BCUT2D eigenvalue weighted by Gasteiger charge is 2.27. The molecule has 0 bridgehead atoms. The number of carbonyl (C=O) groups is 1. The summed E-state index contributed by atoms with van der Waals surface area (Å²) in [6.07, 6.45) is 1.63. The van der Waals surface area contributed by atoms with Gasteiger partial charge in [-0.2, -0.15) is 0 Å². The van der Waals surface area contributed by atoms with Crippen molar-refractivity contribution >= 4 is 22.9 Å². The van der Waals surface area contributed by atoms with E-state index in [2.05, 4.69) is 20.3 Å². The van der Waals surface area contributed by atoms with Crippen molar-refractivity contribution < 1.29 is 9.18 Å². The number of nitrogens with two attached hydrogens (primary N) is 1. The standard InChI is InChI=1S/C18H20FN7O/c1-11-21-17(25-8-4-6-13(9-25)16(20)27)15-18(22-11)26(24-23-15)10-12-5-2-3-7-14(12)19/h2-3,5,7,13H,4,6,8-10H2,1H3,(H2,20,27)/t13-/m1/s1. The number of nitrogens with zero attached hydrogens (tertiary/aromatic N) is 6. The lowest BCUT2D eigenvalue weighted by molar-refractivity contribution is -0.122. The Balaban J connectivity index is 1.72. The normalized spacial score (nSPS) is 17.4. The van der Waals surface area contributed by atoms with E-state index >= 15 is 0 Å². The molecule has 8 nitrogen and oxygen atoms in total. The predicted octanol–water partition coefficient (Wildman–Crippen LogP) is 1.42. The largest absolute Gasteiger partial charge is 0.369 e. The minimum Gasteiger partial charge on any atom is -0.369 e. The van der Waals surface area contributed by atoms with Crippen LogP contribution in [-0.2, 0) is 11.3 Å². The smallest absolute Gasteiger partial charge is 0.222 e. The molecule has 1 atom stereocenters. The molecule has 4 rings (SSSR count). The third-order valence-corrected chi connectivity index (χ3v) is 4.86. The van der Waals surface area contributed by atoms with Crippen molar-refractivity contribution in [1.29, 1.82) is 0 Å². The summed E-state index contributed by atoms with van der Waals surface area (Å²) >= 11 is 0. The first kappa shape index (κ1) is 17.3. The van der Waals surface area contributed by atoms with E-state index in [1.54, 1.807) is 29.8 Å². The van der Waals surface area contributed by atoms with E-state index in [1.807, 2.05) is 4.90 Å². The molecule has 0 radical (unpaired) electrons. The highest BCUT2D eigenvalue weighted by Crippen LogP contribution is 2.27. The van der Waals surface area contributed by atoms with Crippen molar-refractivity contribution in [1.82, 2.24) is 25.0 Å². The van der Waals surface area contributed by atoms with Gasteiger partial charge in [0.2, 0.25) is 5.91 Å². The molecule has 3 aromatic rings. The number of hydrogen-bond acceptors (Lipinski definition) is 6. The van der Waals surface area contributed by atoms with E-state index in [4.69, 9.17) is 5.73 Å². The maximum Gasteiger partial charge on any atom is 0.222 e. The minimum absolute atomic E-state index is 0.211. The molecular weight excluding hydrogens is 349 g/mol. The number of aryl methyl sites for hydroxylation is 1. The summed E-state index contributed by atoms with van der Waals surface area (Å²) in [4.78, 5) is 22.6. The Morgan fingerprint density at radius 3 is 2.93 bits per heavy atom. The van der Waals surface area contributed by atoms with Gasteiger partial charge in [-0.15, -0.1) is 5.10 Å². The van der Waals surface area contributed by atoms with Gasteiger partial charge in [-0.05, 0) is 25.8 Å². The number of rotatable bonds is 4. The van der Waals surface area contributed by atoms with Crippen LogP contribution in [-0.4, -0.2) is 44.0 Å². The molecule has 1 amide bonds. The number of primary amides is 1. The summed E-state index contributed by atoms with van der Waals surface area (Å²) in [5.74, 6) is 0.397. The lowest BCUT2D eigenvalue weighted by Gasteiger charge is -2.32. The Kier molecular flexibility index (Phi) is 4.43. The van der Waals surface area contributed by atoms with Crippen molar-refractivity contribution in [2.45, 2.75) is 26.3 Å². The van der Waals surface area contributed by atoms with Crippen molar-refractivity contribution in [3.05, 3.63) is 41.5 Å². The molecule has 3 heterocycles. The van der Waals surface area contributed by atoms with Gasteiger partial charge >= 0.3 is 0 Å². The molecule has 0 aliphatic carbocycles. The summed E-state index contributed by atoms with van der Waals surface area (Å²) in [7, 11) is 0.